The monoisotopic (exact) mass is 356 g/mol. The standard InChI is InChI=1S/C19H20N2O3S/c1-22-14-5-4-6-17-18(14)20-19(25-17)21-8-7-12-9-15(23-2)16(24-3)10-13(12)11-21/h4-6,9-10H,7-8,11H2,1-3H3. The Labute approximate surface area is 150 Å². The molecule has 1 aliphatic heterocycles. The van der Waals surface area contributed by atoms with E-state index >= 15 is 0 Å². The Morgan fingerprint density at radius 1 is 0.960 bits per heavy atom. The summed E-state index contributed by atoms with van der Waals surface area (Å²) in [4.78, 5) is 7.14. The molecule has 1 aliphatic rings. The van der Waals surface area contributed by atoms with Gasteiger partial charge in [-0.2, -0.15) is 0 Å². The number of anilines is 1. The maximum Gasteiger partial charge on any atom is 0.186 e. The molecule has 0 spiro atoms. The first kappa shape index (κ1) is 16.0. The number of methoxy groups -OCH3 is 3. The van der Waals surface area contributed by atoms with Crippen molar-refractivity contribution in [2.24, 2.45) is 0 Å². The third kappa shape index (κ3) is 2.76. The second-order valence-electron chi connectivity index (χ2n) is 5.95. The van der Waals surface area contributed by atoms with Gasteiger partial charge in [0.2, 0.25) is 0 Å². The Bertz CT molecular complexity index is 922. The van der Waals surface area contributed by atoms with E-state index in [0.29, 0.717) is 0 Å². The highest BCUT2D eigenvalue weighted by Crippen LogP contribution is 2.38. The van der Waals surface area contributed by atoms with Crippen LogP contribution in [0.5, 0.6) is 17.2 Å². The fourth-order valence-electron chi connectivity index (χ4n) is 3.26. The number of thiazole rings is 1. The van der Waals surface area contributed by atoms with E-state index in [1.165, 1.54) is 11.1 Å². The number of fused-ring (bicyclic) bond motifs is 2. The average molecular weight is 356 g/mol. The van der Waals surface area contributed by atoms with Crippen molar-refractivity contribution in [3.8, 4) is 17.2 Å². The fraction of sp³-hybridized carbons (Fsp3) is 0.316. The van der Waals surface area contributed by atoms with Crippen LogP contribution in [0.25, 0.3) is 10.2 Å². The predicted molar refractivity (Wildman–Crippen MR) is 100 cm³/mol. The van der Waals surface area contributed by atoms with Gasteiger partial charge in [-0.1, -0.05) is 17.4 Å². The van der Waals surface area contributed by atoms with Gasteiger partial charge >= 0.3 is 0 Å². The third-order valence-corrected chi connectivity index (χ3v) is 5.66. The van der Waals surface area contributed by atoms with E-state index < -0.39 is 0 Å². The normalized spacial score (nSPS) is 13.6. The molecule has 0 N–H and O–H groups in total. The predicted octanol–water partition coefficient (Wildman–Crippen LogP) is 3.88. The summed E-state index contributed by atoms with van der Waals surface area (Å²) in [7, 11) is 5.03. The SMILES string of the molecule is COc1cc2c(cc1OC)CN(c1nc3c(OC)cccc3s1)CC2. The lowest BCUT2D eigenvalue weighted by Crippen LogP contribution is -2.30. The smallest absolute Gasteiger partial charge is 0.186 e. The van der Waals surface area contributed by atoms with Gasteiger partial charge in [0.1, 0.15) is 11.3 Å². The van der Waals surface area contributed by atoms with Crippen LogP contribution in [0.4, 0.5) is 5.13 Å². The molecular formula is C19H20N2O3S. The maximum atomic E-state index is 5.45. The molecule has 5 nitrogen and oxygen atoms in total. The first-order valence-corrected chi connectivity index (χ1v) is 8.97. The van der Waals surface area contributed by atoms with Crippen LogP contribution in [0.1, 0.15) is 11.1 Å². The molecule has 0 atom stereocenters. The van der Waals surface area contributed by atoms with Gasteiger partial charge in [-0.05, 0) is 41.8 Å². The van der Waals surface area contributed by atoms with Crippen molar-refractivity contribution < 1.29 is 14.2 Å². The number of nitrogens with zero attached hydrogens (tertiary/aromatic N) is 2. The van der Waals surface area contributed by atoms with Crippen molar-refractivity contribution in [3.63, 3.8) is 0 Å². The largest absolute Gasteiger partial charge is 0.494 e. The van der Waals surface area contributed by atoms with E-state index in [1.807, 2.05) is 12.1 Å². The fourth-order valence-corrected chi connectivity index (χ4v) is 4.27. The number of aromatic nitrogens is 1. The first-order valence-electron chi connectivity index (χ1n) is 8.15. The van der Waals surface area contributed by atoms with Crippen molar-refractivity contribution >= 4 is 26.7 Å². The summed E-state index contributed by atoms with van der Waals surface area (Å²) in [5.41, 5.74) is 3.51. The number of hydrogen-bond donors (Lipinski definition) is 0. The zero-order valence-electron chi connectivity index (χ0n) is 14.5. The van der Waals surface area contributed by atoms with Crippen LogP contribution in [-0.4, -0.2) is 32.9 Å². The van der Waals surface area contributed by atoms with Crippen LogP contribution < -0.4 is 19.1 Å². The summed E-state index contributed by atoms with van der Waals surface area (Å²) in [6.07, 6.45) is 0.961. The maximum absolute atomic E-state index is 5.45. The minimum absolute atomic E-state index is 0.772. The number of benzene rings is 2. The highest BCUT2D eigenvalue weighted by molar-refractivity contribution is 7.22. The molecule has 0 bridgehead atoms. The number of rotatable bonds is 4. The third-order valence-electron chi connectivity index (χ3n) is 4.58. The van der Waals surface area contributed by atoms with Gasteiger partial charge in [-0.15, -0.1) is 0 Å². The molecule has 0 saturated heterocycles. The molecule has 4 rings (SSSR count). The molecule has 0 unspecified atom stereocenters. The van der Waals surface area contributed by atoms with Crippen molar-refractivity contribution in [3.05, 3.63) is 41.5 Å². The van der Waals surface area contributed by atoms with E-state index in [9.17, 15) is 0 Å². The van der Waals surface area contributed by atoms with Crippen LogP contribution in [0, 0.1) is 0 Å². The van der Waals surface area contributed by atoms with Gasteiger partial charge in [-0.3, -0.25) is 0 Å². The molecule has 0 radical (unpaired) electrons. The summed E-state index contributed by atoms with van der Waals surface area (Å²) in [5.74, 6) is 2.39. The molecule has 25 heavy (non-hydrogen) atoms. The topological polar surface area (TPSA) is 43.8 Å². The van der Waals surface area contributed by atoms with Crippen molar-refractivity contribution in [1.29, 1.82) is 0 Å². The molecule has 3 aromatic rings. The molecule has 0 amide bonds. The lowest BCUT2D eigenvalue weighted by molar-refractivity contribution is 0.353. The number of ether oxygens (including phenoxy) is 3. The molecule has 130 valence electrons. The van der Waals surface area contributed by atoms with Crippen molar-refractivity contribution in [2.45, 2.75) is 13.0 Å². The summed E-state index contributed by atoms with van der Waals surface area (Å²) in [6.45, 7) is 1.75. The highest BCUT2D eigenvalue weighted by atomic mass is 32.1. The summed E-state index contributed by atoms with van der Waals surface area (Å²) in [5, 5.41) is 1.03. The molecule has 6 heteroatoms. The Balaban J connectivity index is 1.68. The lowest BCUT2D eigenvalue weighted by atomic mass is 9.99. The van der Waals surface area contributed by atoms with E-state index in [4.69, 9.17) is 19.2 Å². The summed E-state index contributed by atoms with van der Waals surface area (Å²) < 4.78 is 17.4. The van der Waals surface area contributed by atoms with Crippen molar-refractivity contribution in [2.75, 3.05) is 32.8 Å². The molecule has 1 aromatic heterocycles. The van der Waals surface area contributed by atoms with Crippen LogP contribution >= 0.6 is 11.3 Å². The number of para-hydroxylation sites is 1. The lowest BCUT2D eigenvalue weighted by Gasteiger charge is -2.29. The average Bonchev–Trinajstić information content (AvgIpc) is 3.10. The second kappa shape index (κ2) is 6.44. The van der Waals surface area contributed by atoms with Gasteiger partial charge in [0.15, 0.2) is 16.6 Å². The van der Waals surface area contributed by atoms with Gasteiger partial charge < -0.3 is 19.1 Å². The minimum Gasteiger partial charge on any atom is -0.494 e. The van der Waals surface area contributed by atoms with Gasteiger partial charge in [0.05, 0.1) is 26.0 Å². The minimum atomic E-state index is 0.772. The molecule has 0 saturated carbocycles. The summed E-state index contributed by atoms with van der Waals surface area (Å²) in [6, 6.07) is 10.2. The second-order valence-corrected chi connectivity index (χ2v) is 6.96. The van der Waals surface area contributed by atoms with Crippen molar-refractivity contribution in [1.82, 2.24) is 4.98 Å². The van der Waals surface area contributed by atoms with Crippen LogP contribution in [-0.2, 0) is 13.0 Å². The molecule has 2 aromatic carbocycles. The van der Waals surface area contributed by atoms with Gasteiger partial charge in [0.25, 0.3) is 0 Å². The quantitative estimate of drug-likeness (QED) is 0.710. The Morgan fingerprint density at radius 2 is 1.68 bits per heavy atom. The van der Waals surface area contributed by atoms with E-state index in [1.54, 1.807) is 32.7 Å². The van der Waals surface area contributed by atoms with Crippen LogP contribution in [0.3, 0.4) is 0 Å². The molecule has 0 fully saturated rings. The van der Waals surface area contributed by atoms with Gasteiger partial charge in [-0.25, -0.2) is 4.98 Å². The molecular weight excluding hydrogens is 336 g/mol. The molecule has 2 heterocycles. The molecule has 0 aliphatic carbocycles. The van der Waals surface area contributed by atoms with Crippen LogP contribution in [0.2, 0.25) is 0 Å². The van der Waals surface area contributed by atoms with E-state index in [0.717, 1.165) is 52.1 Å². The Hall–Kier alpha value is -2.47. The Kier molecular flexibility index (Phi) is 4.13. The Morgan fingerprint density at radius 3 is 2.40 bits per heavy atom. The zero-order chi connectivity index (χ0) is 17.4. The van der Waals surface area contributed by atoms with E-state index in [2.05, 4.69) is 23.1 Å². The highest BCUT2D eigenvalue weighted by Gasteiger charge is 2.22. The zero-order valence-corrected chi connectivity index (χ0v) is 15.4. The first-order chi connectivity index (χ1) is 12.2. The van der Waals surface area contributed by atoms with E-state index in [-0.39, 0.29) is 0 Å². The summed E-state index contributed by atoms with van der Waals surface area (Å²) >= 11 is 1.70. The van der Waals surface area contributed by atoms with Crippen LogP contribution in [0.15, 0.2) is 30.3 Å². The van der Waals surface area contributed by atoms with Gasteiger partial charge in [0, 0.05) is 13.1 Å². The number of hydrogen-bond acceptors (Lipinski definition) is 6.